The Labute approximate surface area is 147 Å². The molecule has 0 radical (unpaired) electrons. The molecule has 0 bridgehead atoms. The summed E-state index contributed by atoms with van der Waals surface area (Å²) in [5, 5.41) is 2.49. The van der Waals surface area contributed by atoms with E-state index < -0.39 is 28.5 Å². The number of piperidine rings is 1. The van der Waals surface area contributed by atoms with Gasteiger partial charge < -0.3 is 10.1 Å². The second kappa shape index (κ2) is 8.77. The number of amides is 1. The van der Waals surface area contributed by atoms with Crippen molar-refractivity contribution in [1.29, 1.82) is 0 Å². The first-order chi connectivity index (χ1) is 11.9. The molecular weight excluding hydrogens is 344 g/mol. The minimum absolute atomic E-state index is 0.148. The molecule has 2 rings (SSSR count). The molecular formula is C17H22N2O5S. The van der Waals surface area contributed by atoms with Crippen molar-refractivity contribution in [2.24, 2.45) is 0 Å². The van der Waals surface area contributed by atoms with Gasteiger partial charge in [0.1, 0.15) is 0 Å². The molecule has 0 saturated carbocycles. The Morgan fingerprint density at radius 3 is 2.40 bits per heavy atom. The first kappa shape index (κ1) is 19.1. The van der Waals surface area contributed by atoms with Crippen LogP contribution in [-0.2, 0) is 19.6 Å². The van der Waals surface area contributed by atoms with E-state index in [2.05, 4.69) is 11.9 Å². The van der Waals surface area contributed by atoms with Gasteiger partial charge in [-0.1, -0.05) is 12.5 Å². The van der Waals surface area contributed by atoms with Crippen LogP contribution in [0.4, 0.5) is 0 Å². The Morgan fingerprint density at radius 2 is 1.80 bits per heavy atom. The normalized spacial score (nSPS) is 15.4. The zero-order valence-corrected chi connectivity index (χ0v) is 14.8. The highest BCUT2D eigenvalue weighted by molar-refractivity contribution is 7.89. The van der Waals surface area contributed by atoms with Crippen LogP contribution in [0.1, 0.15) is 29.6 Å². The van der Waals surface area contributed by atoms with Crippen LogP contribution in [0.2, 0.25) is 0 Å². The summed E-state index contributed by atoms with van der Waals surface area (Å²) in [6.07, 6.45) is 4.27. The summed E-state index contributed by atoms with van der Waals surface area (Å²) >= 11 is 0. The van der Waals surface area contributed by atoms with E-state index in [0.717, 1.165) is 19.3 Å². The van der Waals surface area contributed by atoms with Gasteiger partial charge >= 0.3 is 5.97 Å². The monoisotopic (exact) mass is 366 g/mol. The molecule has 8 heteroatoms. The summed E-state index contributed by atoms with van der Waals surface area (Å²) in [7, 11) is -3.53. The number of carbonyl (C=O) groups excluding carboxylic acids is 2. The molecule has 136 valence electrons. The standard InChI is InChI=1S/C17H22N2O5S/c1-2-10-18-16(20)13-24-17(21)14-6-8-15(9-7-14)25(22,23)19-11-4-3-5-12-19/h2,6-9H,1,3-5,10-13H2,(H,18,20). The molecule has 1 aliphatic heterocycles. The Kier molecular flexibility index (Phi) is 6.72. The third kappa shape index (κ3) is 5.14. The van der Waals surface area contributed by atoms with Crippen molar-refractivity contribution in [2.45, 2.75) is 24.2 Å². The number of esters is 1. The first-order valence-corrected chi connectivity index (χ1v) is 9.54. The van der Waals surface area contributed by atoms with Crippen LogP contribution in [0.25, 0.3) is 0 Å². The summed E-state index contributed by atoms with van der Waals surface area (Å²) in [5.74, 6) is -1.12. The maximum absolute atomic E-state index is 12.5. The third-order valence-electron chi connectivity index (χ3n) is 3.82. The number of hydrogen-bond acceptors (Lipinski definition) is 5. The number of hydrogen-bond donors (Lipinski definition) is 1. The zero-order valence-electron chi connectivity index (χ0n) is 13.9. The number of sulfonamides is 1. The maximum Gasteiger partial charge on any atom is 0.338 e. The molecule has 25 heavy (non-hydrogen) atoms. The van der Waals surface area contributed by atoms with Gasteiger partial charge in [-0.3, -0.25) is 4.79 Å². The van der Waals surface area contributed by atoms with Gasteiger partial charge in [0.05, 0.1) is 10.5 Å². The van der Waals surface area contributed by atoms with Crippen LogP contribution in [-0.4, -0.2) is 50.8 Å². The lowest BCUT2D eigenvalue weighted by Crippen LogP contribution is -2.35. The molecule has 1 saturated heterocycles. The molecule has 0 atom stereocenters. The van der Waals surface area contributed by atoms with Crippen molar-refractivity contribution in [2.75, 3.05) is 26.2 Å². The molecule has 0 spiro atoms. The number of nitrogens with zero attached hydrogens (tertiary/aromatic N) is 1. The van der Waals surface area contributed by atoms with E-state index in [1.54, 1.807) is 0 Å². The summed E-state index contributed by atoms with van der Waals surface area (Å²) in [6, 6.07) is 5.55. The summed E-state index contributed by atoms with van der Waals surface area (Å²) < 4.78 is 31.4. The maximum atomic E-state index is 12.5. The highest BCUT2D eigenvalue weighted by Crippen LogP contribution is 2.21. The lowest BCUT2D eigenvalue weighted by Gasteiger charge is -2.25. The number of ether oxygens (including phenoxy) is 1. The second-order valence-corrected chi connectivity index (χ2v) is 7.60. The van der Waals surface area contributed by atoms with E-state index in [1.165, 1.54) is 34.6 Å². The molecule has 0 unspecified atom stereocenters. The van der Waals surface area contributed by atoms with Gasteiger partial charge in [-0.15, -0.1) is 6.58 Å². The minimum atomic E-state index is -3.53. The topological polar surface area (TPSA) is 92.8 Å². The van der Waals surface area contributed by atoms with E-state index in [-0.39, 0.29) is 10.5 Å². The van der Waals surface area contributed by atoms with Crippen LogP contribution >= 0.6 is 0 Å². The molecule has 1 fully saturated rings. The van der Waals surface area contributed by atoms with Gasteiger partial charge in [0.2, 0.25) is 10.0 Å². The Balaban J connectivity index is 1.97. The number of carbonyl (C=O) groups is 2. The molecule has 1 aromatic rings. The Bertz CT molecular complexity index is 722. The Morgan fingerprint density at radius 1 is 1.16 bits per heavy atom. The van der Waals surface area contributed by atoms with Crippen molar-refractivity contribution in [3.8, 4) is 0 Å². The SMILES string of the molecule is C=CCNC(=O)COC(=O)c1ccc(S(=O)(=O)N2CCCCC2)cc1. The van der Waals surface area contributed by atoms with Crippen molar-refractivity contribution in [3.05, 3.63) is 42.5 Å². The van der Waals surface area contributed by atoms with E-state index in [1.807, 2.05) is 0 Å². The molecule has 0 aliphatic carbocycles. The van der Waals surface area contributed by atoms with Gasteiger partial charge in [-0.2, -0.15) is 4.31 Å². The van der Waals surface area contributed by atoms with Gasteiger partial charge in [0.15, 0.2) is 6.61 Å². The van der Waals surface area contributed by atoms with Crippen molar-refractivity contribution in [3.63, 3.8) is 0 Å². The third-order valence-corrected chi connectivity index (χ3v) is 5.73. The molecule has 1 aromatic carbocycles. The lowest BCUT2D eigenvalue weighted by molar-refractivity contribution is -0.124. The molecule has 1 aliphatic rings. The number of benzene rings is 1. The smallest absolute Gasteiger partial charge is 0.338 e. The van der Waals surface area contributed by atoms with Crippen molar-refractivity contribution in [1.82, 2.24) is 9.62 Å². The average molecular weight is 366 g/mol. The molecule has 1 N–H and O–H groups in total. The van der Waals surface area contributed by atoms with Crippen LogP contribution in [0.3, 0.4) is 0 Å². The highest BCUT2D eigenvalue weighted by atomic mass is 32.2. The van der Waals surface area contributed by atoms with Gasteiger partial charge in [-0.25, -0.2) is 13.2 Å². The highest BCUT2D eigenvalue weighted by Gasteiger charge is 2.26. The molecule has 7 nitrogen and oxygen atoms in total. The lowest BCUT2D eigenvalue weighted by atomic mass is 10.2. The molecule has 1 amide bonds. The van der Waals surface area contributed by atoms with Crippen LogP contribution in [0.15, 0.2) is 41.8 Å². The van der Waals surface area contributed by atoms with Crippen LogP contribution in [0.5, 0.6) is 0 Å². The molecule has 0 aromatic heterocycles. The zero-order chi connectivity index (χ0) is 18.3. The molecule has 1 heterocycles. The van der Waals surface area contributed by atoms with E-state index >= 15 is 0 Å². The minimum Gasteiger partial charge on any atom is -0.452 e. The van der Waals surface area contributed by atoms with E-state index in [0.29, 0.717) is 19.6 Å². The fraction of sp³-hybridized carbons (Fsp3) is 0.412. The predicted molar refractivity (Wildman–Crippen MR) is 92.5 cm³/mol. The van der Waals surface area contributed by atoms with Gasteiger partial charge in [-0.05, 0) is 37.1 Å². The van der Waals surface area contributed by atoms with Crippen LogP contribution < -0.4 is 5.32 Å². The van der Waals surface area contributed by atoms with E-state index in [4.69, 9.17) is 4.74 Å². The summed E-state index contributed by atoms with van der Waals surface area (Å²) in [6.45, 7) is 4.39. The first-order valence-electron chi connectivity index (χ1n) is 8.10. The van der Waals surface area contributed by atoms with Crippen molar-refractivity contribution >= 4 is 21.9 Å². The fourth-order valence-electron chi connectivity index (χ4n) is 2.47. The van der Waals surface area contributed by atoms with Crippen LogP contribution in [0, 0.1) is 0 Å². The quantitative estimate of drug-likeness (QED) is 0.580. The number of nitrogens with one attached hydrogen (secondary N) is 1. The van der Waals surface area contributed by atoms with E-state index in [9.17, 15) is 18.0 Å². The summed E-state index contributed by atoms with van der Waals surface area (Å²) in [5.41, 5.74) is 0.189. The second-order valence-electron chi connectivity index (χ2n) is 5.66. The summed E-state index contributed by atoms with van der Waals surface area (Å²) in [4.78, 5) is 23.4. The fourth-order valence-corrected chi connectivity index (χ4v) is 3.99. The number of rotatable bonds is 7. The van der Waals surface area contributed by atoms with Crippen molar-refractivity contribution < 1.29 is 22.7 Å². The largest absolute Gasteiger partial charge is 0.452 e. The average Bonchev–Trinajstić information content (AvgIpc) is 2.65. The van der Waals surface area contributed by atoms with Gasteiger partial charge in [0.25, 0.3) is 5.91 Å². The van der Waals surface area contributed by atoms with Gasteiger partial charge in [0, 0.05) is 19.6 Å². The Hall–Kier alpha value is -2.19. The predicted octanol–water partition coefficient (Wildman–Crippen LogP) is 1.32.